The van der Waals surface area contributed by atoms with Crippen molar-refractivity contribution >= 4 is 21.8 Å². The molecule has 0 N–H and O–H groups in total. The Bertz CT molecular complexity index is 473. The summed E-state index contributed by atoms with van der Waals surface area (Å²) >= 11 is 3.47. The van der Waals surface area contributed by atoms with Crippen LogP contribution in [0, 0.1) is 0 Å². The molecule has 4 nitrogen and oxygen atoms in total. The van der Waals surface area contributed by atoms with Gasteiger partial charge >= 0.3 is 0 Å². The van der Waals surface area contributed by atoms with Gasteiger partial charge in [0.05, 0.1) is 0 Å². The topological polar surface area (TPSA) is 28.5 Å². The van der Waals surface area contributed by atoms with Gasteiger partial charge in [0.2, 0.25) is 0 Å². The van der Waals surface area contributed by atoms with E-state index in [4.69, 9.17) is 0 Å². The predicted octanol–water partition coefficient (Wildman–Crippen LogP) is 3.00. The van der Waals surface area contributed by atoms with Crippen molar-refractivity contribution in [2.45, 2.75) is 39.8 Å². The van der Waals surface area contributed by atoms with E-state index in [1.807, 2.05) is 21.7 Å². The lowest BCUT2D eigenvalue weighted by Crippen LogP contribution is -2.51. The van der Waals surface area contributed by atoms with Crippen LogP contribution in [0.5, 0.6) is 0 Å². The summed E-state index contributed by atoms with van der Waals surface area (Å²) in [5.74, 6) is 0.146. The third-order valence-corrected chi connectivity index (χ3v) is 4.36. The highest BCUT2D eigenvalue weighted by atomic mass is 79.9. The number of halogens is 1. The molecule has 1 saturated heterocycles. The van der Waals surface area contributed by atoms with E-state index < -0.39 is 0 Å². The first-order valence-electron chi connectivity index (χ1n) is 7.31. The standard InChI is InChI=1S/C15H24BrN3O/c1-11(2)17-5-7-18(8-6-17)15(20)14-9-13(16)10-19(14)12(3)4/h9-12H,5-8H2,1-4H3. The zero-order chi connectivity index (χ0) is 14.9. The molecule has 0 saturated carbocycles. The third-order valence-electron chi connectivity index (χ3n) is 3.92. The van der Waals surface area contributed by atoms with Gasteiger partial charge in [-0.15, -0.1) is 0 Å². The summed E-state index contributed by atoms with van der Waals surface area (Å²) in [4.78, 5) is 17.1. The molecule has 1 amide bonds. The molecule has 0 atom stereocenters. The molecule has 1 fully saturated rings. The molecule has 0 radical (unpaired) electrons. The lowest BCUT2D eigenvalue weighted by Gasteiger charge is -2.37. The summed E-state index contributed by atoms with van der Waals surface area (Å²) in [6.45, 7) is 12.2. The van der Waals surface area contributed by atoms with Crippen molar-refractivity contribution in [1.82, 2.24) is 14.4 Å². The molecule has 0 bridgehead atoms. The zero-order valence-corrected chi connectivity index (χ0v) is 14.4. The van der Waals surface area contributed by atoms with Crippen molar-refractivity contribution in [2.24, 2.45) is 0 Å². The number of rotatable bonds is 3. The summed E-state index contributed by atoms with van der Waals surface area (Å²) in [5.41, 5.74) is 0.782. The van der Waals surface area contributed by atoms with Crippen LogP contribution in [0.1, 0.15) is 44.2 Å². The van der Waals surface area contributed by atoms with Gasteiger partial charge in [-0.3, -0.25) is 9.69 Å². The number of carbonyl (C=O) groups is 1. The highest BCUT2D eigenvalue weighted by molar-refractivity contribution is 9.10. The molecule has 20 heavy (non-hydrogen) atoms. The average molecular weight is 342 g/mol. The monoisotopic (exact) mass is 341 g/mol. The van der Waals surface area contributed by atoms with E-state index in [2.05, 4.69) is 48.5 Å². The lowest BCUT2D eigenvalue weighted by atomic mass is 10.2. The number of nitrogens with zero attached hydrogens (tertiary/aromatic N) is 3. The van der Waals surface area contributed by atoms with Gasteiger partial charge in [0.1, 0.15) is 5.69 Å². The minimum atomic E-state index is 0.146. The van der Waals surface area contributed by atoms with Crippen LogP contribution in [0.4, 0.5) is 0 Å². The lowest BCUT2D eigenvalue weighted by molar-refractivity contribution is 0.0584. The maximum atomic E-state index is 12.7. The molecule has 1 aliphatic rings. The van der Waals surface area contributed by atoms with E-state index in [-0.39, 0.29) is 11.9 Å². The smallest absolute Gasteiger partial charge is 0.270 e. The van der Waals surface area contributed by atoms with Crippen LogP contribution in [-0.4, -0.2) is 52.5 Å². The van der Waals surface area contributed by atoms with Gasteiger partial charge in [-0.1, -0.05) is 0 Å². The van der Waals surface area contributed by atoms with Crippen molar-refractivity contribution in [3.05, 3.63) is 22.4 Å². The number of hydrogen-bond acceptors (Lipinski definition) is 2. The molecule has 0 aliphatic carbocycles. The molecule has 0 aromatic carbocycles. The fraction of sp³-hybridized carbons (Fsp3) is 0.667. The Morgan fingerprint density at radius 2 is 1.70 bits per heavy atom. The second kappa shape index (κ2) is 6.31. The fourth-order valence-corrected chi connectivity index (χ4v) is 3.09. The molecule has 2 rings (SSSR count). The van der Waals surface area contributed by atoms with Crippen LogP contribution in [0.2, 0.25) is 0 Å². The number of aromatic nitrogens is 1. The molecule has 1 aromatic rings. The molecular weight excluding hydrogens is 318 g/mol. The van der Waals surface area contributed by atoms with E-state index >= 15 is 0 Å². The summed E-state index contributed by atoms with van der Waals surface area (Å²) in [6.07, 6.45) is 1.99. The number of amides is 1. The van der Waals surface area contributed by atoms with Crippen LogP contribution in [0.15, 0.2) is 16.7 Å². The summed E-state index contributed by atoms with van der Waals surface area (Å²) in [7, 11) is 0. The second-order valence-corrected chi connectivity index (χ2v) is 6.88. The molecular formula is C15H24BrN3O. The summed E-state index contributed by atoms with van der Waals surface area (Å²) < 4.78 is 3.01. The molecule has 1 aromatic heterocycles. The Hall–Kier alpha value is -0.810. The van der Waals surface area contributed by atoms with Gasteiger partial charge < -0.3 is 9.47 Å². The molecule has 112 valence electrons. The van der Waals surface area contributed by atoms with Crippen LogP contribution in [0.25, 0.3) is 0 Å². The van der Waals surface area contributed by atoms with Crippen molar-refractivity contribution in [3.8, 4) is 0 Å². The fourth-order valence-electron chi connectivity index (χ4n) is 2.65. The maximum Gasteiger partial charge on any atom is 0.270 e. The van der Waals surface area contributed by atoms with Crippen molar-refractivity contribution < 1.29 is 4.79 Å². The Morgan fingerprint density at radius 1 is 1.10 bits per heavy atom. The Kier molecular flexibility index (Phi) is 4.91. The van der Waals surface area contributed by atoms with Gasteiger partial charge in [0.25, 0.3) is 5.91 Å². The maximum absolute atomic E-state index is 12.7. The van der Waals surface area contributed by atoms with Gasteiger partial charge in [0, 0.05) is 48.9 Å². The summed E-state index contributed by atoms with van der Waals surface area (Å²) in [6, 6.07) is 2.77. The number of piperazine rings is 1. The Labute approximate surface area is 129 Å². The highest BCUT2D eigenvalue weighted by Crippen LogP contribution is 2.21. The van der Waals surface area contributed by atoms with Gasteiger partial charge in [-0.2, -0.15) is 0 Å². The molecule has 0 spiro atoms. The van der Waals surface area contributed by atoms with Gasteiger partial charge in [-0.25, -0.2) is 0 Å². The van der Waals surface area contributed by atoms with Crippen LogP contribution in [0.3, 0.4) is 0 Å². The first-order valence-corrected chi connectivity index (χ1v) is 8.10. The van der Waals surface area contributed by atoms with Crippen molar-refractivity contribution in [1.29, 1.82) is 0 Å². The van der Waals surface area contributed by atoms with Crippen molar-refractivity contribution in [3.63, 3.8) is 0 Å². The van der Waals surface area contributed by atoms with E-state index in [1.165, 1.54) is 0 Å². The normalized spacial score (nSPS) is 17.2. The van der Waals surface area contributed by atoms with E-state index in [1.54, 1.807) is 0 Å². The second-order valence-electron chi connectivity index (χ2n) is 5.97. The van der Waals surface area contributed by atoms with Crippen LogP contribution >= 0.6 is 15.9 Å². The van der Waals surface area contributed by atoms with Crippen LogP contribution < -0.4 is 0 Å². The highest BCUT2D eigenvalue weighted by Gasteiger charge is 2.25. The SMILES string of the molecule is CC(C)N1CCN(C(=O)c2cc(Br)cn2C(C)C)CC1. The Balaban J connectivity index is 2.09. The molecule has 0 unspecified atom stereocenters. The molecule has 2 heterocycles. The first kappa shape index (κ1) is 15.6. The average Bonchev–Trinajstić information content (AvgIpc) is 2.80. The van der Waals surface area contributed by atoms with Crippen LogP contribution in [-0.2, 0) is 0 Å². The third kappa shape index (κ3) is 3.26. The minimum Gasteiger partial charge on any atom is -0.340 e. The van der Waals surface area contributed by atoms with E-state index in [0.717, 1.165) is 36.3 Å². The first-order chi connectivity index (χ1) is 9.40. The minimum absolute atomic E-state index is 0.146. The van der Waals surface area contributed by atoms with E-state index in [0.29, 0.717) is 6.04 Å². The largest absolute Gasteiger partial charge is 0.340 e. The Morgan fingerprint density at radius 3 is 2.20 bits per heavy atom. The molecule has 1 aliphatic heterocycles. The van der Waals surface area contributed by atoms with Gasteiger partial charge in [0.15, 0.2) is 0 Å². The van der Waals surface area contributed by atoms with Crippen molar-refractivity contribution in [2.75, 3.05) is 26.2 Å². The van der Waals surface area contributed by atoms with Gasteiger partial charge in [-0.05, 0) is 49.7 Å². The zero-order valence-electron chi connectivity index (χ0n) is 12.8. The van der Waals surface area contributed by atoms with E-state index in [9.17, 15) is 4.79 Å². The predicted molar refractivity (Wildman–Crippen MR) is 85.1 cm³/mol. The number of hydrogen-bond donors (Lipinski definition) is 0. The molecule has 5 heteroatoms. The summed E-state index contributed by atoms with van der Waals surface area (Å²) in [5, 5.41) is 0. The number of carbonyl (C=O) groups excluding carboxylic acids is 1. The quantitative estimate of drug-likeness (QED) is 0.845.